The van der Waals surface area contributed by atoms with Crippen molar-refractivity contribution >= 4 is 29.1 Å². The summed E-state index contributed by atoms with van der Waals surface area (Å²) in [4.78, 5) is 28.8. The molecule has 26 heavy (non-hydrogen) atoms. The maximum atomic E-state index is 12.5. The standard InChI is InChI=1S/C19H26ClN3O3/c1-14-2-3-17(16(20)12-14)21-18(24)13-22-6-4-15(5-7-22)19(25)23-8-10-26-11-9-23/h2-3,12,15H,4-11,13H2,1H3,(H,21,24). The lowest BCUT2D eigenvalue weighted by Gasteiger charge is -2.35. The van der Waals surface area contributed by atoms with Gasteiger partial charge in [-0.2, -0.15) is 0 Å². The highest BCUT2D eigenvalue weighted by Gasteiger charge is 2.29. The molecular weight excluding hydrogens is 354 g/mol. The molecule has 0 saturated carbocycles. The normalized spacial score (nSPS) is 19.4. The predicted octanol–water partition coefficient (Wildman–Crippen LogP) is 2.16. The number of ether oxygens (including phenoxy) is 1. The molecule has 0 radical (unpaired) electrons. The Labute approximate surface area is 159 Å². The maximum Gasteiger partial charge on any atom is 0.238 e. The summed E-state index contributed by atoms with van der Waals surface area (Å²) < 4.78 is 5.31. The van der Waals surface area contributed by atoms with Crippen molar-refractivity contribution in [2.45, 2.75) is 19.8 Å². The first-order chi connectivity index (χ1) is 12.5. The van der Waals surface area contributed by atoms with Crippen LogP contribution in [0.4, 0.5) is 5.69 Å². The Morgan fingerprint density at radius 1 is 1.19 bits per heavy atom. The van der Waals surface area contributed by atoms with E-state index >= 15 is 0 Å². The molecule has 0 aliphatic carbocycles. The number of anilines is 1. The number of halogens is 1. The smallest absolute Gasteiger partial charge is 0.238 e. The maximum absolute atomic E-state index is 12.5. The van der Waals surface area contributed by atoms with Gasteiger partial charge in [0.1, 0.15) is 0 Å². The Kier molecular flexibility index (Phi) is 6.51. The zero-order valence-corrected chi connectivity index (χ0v) is 15.9. The Morgan fingerprint density at radius 3 is 2.54 bits per heavy atom. The van der Waals surface area contributed by atoms with Crippen molar-refractivity contribution in [2.75, 3.05) is 51.3 Å². The van der Waals surface area contributed by atoms with Crippen LogP contribution >= 0.6 is 11.6 Å². The monoisotopic (exact) mass is 379 g/mol. The fraction of sp³-hybridized carbons (Fsp3) is 0.579. The van der Waals surface area contributed by atoms with E-state index in [1.165, 1.54) is 0 Å². The number of nitrogens with one attached hydrogen (secondary N) is 1. The van der Waals surface area contributed by atoms with Crippen molar-refractivity contribution in [3.63, 3.8) is 0 Å². The molecule has 7 heteroatoms. The van der Waals surface area contributed by atoms with Gasteiger partial charge in [-0.1, -0.05) is 17.7 Å². The van der Waals surface area contributed by atoms with Crippen LogP contribution in [0.3, 0.4) is 0 Å². The number of hydrogen-bond donors (Lipinski definition) is 1. The highest BCUT2D eigenvalue weighted by molar-refractivity contribution is 6.33. The number of likely N-dealkylation sites (tertiary alicyclic amines) is 1. The number of benzene rings is 1. The van der Waals surface area contributed by atoms with Crippen LogP contribution in [0.1, 0.15) is 18.4 Å². The lowest BCUT2D eigenvalue weighted by Crippen LogP contribution is -2.47. The van der Waals surface area contributed by atoms with E-state index in [0.717, 1.165) is 31.5 Å². The molecule has 2 saturated heterocycles. The first-order valence-electron chi connectivity index (χ1n) is 9.18. The number of amides is 2. The van der Waals surface area contributed by atoms with Gasteiger partial charge in [0.15, 0.2) is 0 Å². The summed E-state index contributed by atoms with van der Waals surface area (Å²) in [5, 5.41) is 3.42. The first kappa shape index (κ1) is 19.1. The van der Waals surface area contributed by atoms with Crippen LogP contribution in [0, 0.1) is 12.8 Å². The summed E-state index contributed by atoms with van der Waals surface area (Å²) in [6.45, 7) is 6.45. The number of aryl methyl sites for hydroxylation is 1. The predicted molar refractivity (Wildman–Crippen MR) is 101 cm³/mol. The van der Waals surface area contributed by atoms with Crippen LogP contribution in [0.5, 0.6) is 0 Å². The van der Waals surface area contributed by atoms with E-state index in [1.54, 1.807) is 0 Å². The molecule has 1 aromatic rings. The van der Waals surface area contributed by atoms with Crippen LogP contribution in [0.15, 0.2) is 18.2 Å². The molecule has 0 atom stereocenters. The molecule has 0 spiro atoms. The summed E-state index contributed by atoms with van der Waals surface area (Å²) >= 11 is 6.16. The van der Waals surface area contributed by atoms with Gasteiger partial charge < -0.3 is 15.0 Å². The Balaban J connectivity index is 1.44. The molecule has 2 heterocycles. The molecule has 0 bridgehead atoms. The third-order valence-electron chi connectivity index (χ3n) is 5.03. The zero-order chi connectivity index (χ0) is 18.5. The minimum absolute atomic E-state index is 0.0685. The van der Waals surface area contributed by atoms with Crippen molar-refractivity contribution in [3.8, 4) is 0 Å². The second kappa shape index (κ2) is 8.84. The lowest BCUT2D eigenvalue weighted by molar-refractivity contribution is -0.141. The van der Waals surface area contributed by atoms with Crippen LogP contribution in [-0.4, -0.2) is 67.6 Å². The van der Waals surface area contributed by atoms with Crippen molar-refractivity contribution in [3.05, 3.63) is 28.8 Å². The van der Waals surface area contributed by atoms with Gasteiger partial charge in [0.2, 0.25) is 11.8 Å². The van der Waals surface area contributed by atoms with Crippen LogP contribution in [0.2, 0.25) is 5.02 Å². The third kappa shape index (κ3) is 4.96. The molecule has 3 rings (SSSR count). The summed E-state index contributed by atoms with van der Waals surface area (Å²) in [6, 6.07) is 5.58. The number of carbonyl (C=O) groups excluding carboxylic acids is 2. The molecule has 6 nitrogen and oxygen atoms in total. The number of morpholine rings is 1. The van der Waals surface area contributed by atoms with E-state index in [-0.39, 0.29) is 17.7 Å². The van der Waals surface area contributed by atoms with Crippen molar-refractivity contribution < 1.29 is 14.3 Å². The van der Waals surface area contributed by atoms with Gasteiger partial charge in [-0.25, -0.2) is 0 Å². The second-order valence-electron chi connectivity index (χ2n) is 7.02. The van der Waals surface area contributed by atoms with Gasteiger partial charge >= 0.3 is 0 Å². The van der Waals surface area contributed by atoms with Crippen molar-refractivity contribution in [1.82, 2.24) is 9.80 Å². The minimum Gasteiger partial charge on any atom is -0.378 e. The summed E-state index contributed by atoms with van der Waals surface area (Å²) in [5.74, 6) is 0.233. The van der Waals surface area contributed by atoms with E-state index in [4.69, 9.17) is 16.3 Å². The molecule has 1 N–H and O–H groups in total. The number of nitrogens with zero attached hydrogens (tertiary/aromatic N) is 2. The highest BCUT2D eigenvalue weighted by Crippen LogP contribution is 2.23. The lowest BCUT2D eigenvalue weighted by atomic mass is 9.95. The fourth-order valence-electron chi connectivity index (χ4n) is 3.49. The van der Waals surface area contributed by atoms with E-state index in [1.807, 2.05) is 30.0 Å². The number of piperidine rings is 1. The summed E-state index contributed by atoms with van der Waals surface area (Å²) in [5.41, 5.74) is 1.69. The van der Waals surface area contributed by atoms with Gasteiger partial charge in [0.25, 0.3) is 0 Å². The fourth-order valence-corrected chi connectivity index (χ4v) is 3.78. The van der Waals surface area contributed by atoms with E-state index in [0.29, 0.717) is 43.6 Å². The van der Waals surface area contributed by atoms with Gasteiger partial charge in [-0.05, 0) is 50.6 Å². The molecular formula is C19H26ClN3O3. The Bertz CT molecular complexity index is 653. The van der Waals surface area contributed by atoms with Crippen LogP contribution in [-0.2, 0) is 14.3 Å². The van der Waals surface area contributed by atoms with Crippen molar-refractivity contribution in [1.29, 1.82) is 0 Å². The first-order valence-corrected chi connectivity index (χ1v) is 9.55. The molecule has 0 unspecified atom stereocenters. The highest BCUT2D eigenvalue weighted by atomic mass is 35.5. The van der Waals surface area contributed by atoms with Gasteiger partial charge in [-0.3, -0.25) is 14.5 Å². The van der Waals surface area contributed by atoms with Gasteiger partial charge in [0.05, 0.1) is 30.5 Å². The number of rotatable bonds is 4. The molecule has 2 amide bonds. The largest absolute Gasteiger partial charge is 0.378 e. The molecule has 2 aliphatic rings. The molecule has 2 aliphatic heterocycles. The van der Waals surface area contributed by atoms with Crippen molar-refractivity contribution in [2.24, 2.45) is 5.92 Å². The van der Waals surface area contributed by atoms with Gasteiger partial charge in [0, 0.05) is 19.0 Å². The Hall–Kier alpha value is -1.63. The molecule has 142 valence electrons. The summed E-state index contributed by atoms with van der Waals surface area (Å²) in [7, 11) is 0. The minimum atomic E-state index is -0.0753. The van der Waals surface area contributed by atoms with E-state index in [2.05, 4.69) is 10.2 Å². The van der Waals surface area contributed by atoms with Crippen LogP contribution in [0.25, 0.3) is 0 Å². The molecule has 0 aromatic heterocycles. The van der Waals surface area contributed by atoms with E-state index < -0.39 is 0 Å². The number of hydrogen-bond acceptors (Lipinski definition) is 4. The molecule has 2 fully saturated rings. The average Bonchev–Trinajstić information content (AvgIpc) is 2.65. The quantitative estimate of drug-likeness (QED) is 0.870. The molecule has 1 aromatic carbocycles. The third-order valence-corrected chi connectivity index (χ3v) is 5.34. The topological polar surface area (TPSA) is 61.9 Å². The Morgan fingerprint density at radius 2 is 1.88 bits per heavy atom. The summed E-state index contributed by atoms with van der Waals surface area (Å²) in [6.07, 6.45) is 1.60. The average molecular weight is 380 g/mol. The van der Waals surface area contributed by atoms with Crippen LogP contribution < -0.4 is 5.32 Å². The number of carbonyl (C=O) groups is 2. The SMILES string of the molecule is Cc1ccc(NC(=O)CN2CCC(C(=O)N3CCOCC3)CC2)c(Cl)c1. The zero-order valence-electron chi connectivity index (χ0n) is 15.2. The second-order valence-corrected chi connectivity index (χ2v) is 7.43. The van der Waals surface area contributed by atoms with E-state index in [9.17, 15) is 9.59 Å². The van der Waals surface area contributed by atoms with Gasteiger partial charge in [-0.15, -0.1) is 0 Å².